The first-order chi connectivity index (χ1) is 12.3. The van der Waals surface area contributed by atoms with Crippen molar-refractivity contribution in [1.82, 2.24) is 5.32 Å². The van der Waals surface area contributed by atoms with E-state index in [0.717, 1.165) is 12.1 Å². The van der Waals surface area contributed by atoms with E-state index in [1.807, 2.05) is 0 Å². The fourth-order valence-corrected chi connectivity index (χ4v) is 2.17. The molecule has 0 aliphatic carbocycles. The molecule has 0 heterocycles. The molecule has 2 aromatic rings. The van der Waals surface area contributed by atoms with Gasteiger partial charge in [-0.05, 0) is 19.1 Å². The number of nitrogens with zero attached hydrogens (tertiary/aromatic N) is 1. The fourth-order valence-electron chi connectivity index (χ4n) is 2.17. The van der Waals surface area contributed by atoms with Crippen molar-refractivity contribution in [2.75, 3.05) is 6.61 Å². The SMILES string of the molecule is C[C@H](NC(=O)COC(=O)c1cccc([N+](=O)[O-])c1)c1ccc(F)cc1F. The summed E-state index contributed by atoms with van der Waals surface area (Å²) < 4.78 is 31.3. The Morgan fingerprint density at radius 3 is 2.62 bits per heavy atom. The second kappa shape index (κ2) is 8.15. The quantitative estimate of drug-likeness (QED) is 0.483. The van der Waals surface area contributed by atoms with Gasteiger partial charge in [0.25, 0.3) is 11.6 Å². The van der Waals surface area contributed by atoms with Crippen LogP contribution in [-0.2, 0) is 9.53 Å². The summed E-state index contributed by atoms with van der Waals surface area (Å²) in [5.74, 6) is -3.17. The third-order valence-electron chi connectivity index (χ3n) is 3.43. The lowest BCUT2D eigenvalue weighted by molar-refractivity contribution is -0.384. The maximum absolute atomic E-state index is 13.7. The molecule has 7 nitrogen and oxygen atoms in total. The second-order valence-corrected chi connectivity index (χ2v) is 5.34. The van der Waals surface area contributed by atoms with Crippen molar-refractivity contribution in [3.05, 3.63) is 75.3 Å². The lowest BCUT2D eigenvalue weighted by Crippen LogP contribution is -2.31. The number of halogens is 2. The molecule has 0 fully saturated rings. The Labute approximate surface area is 146 Å². The molecule has 0 aliphatic heterocycles. The van der Waals surface area contributed by atoms with Gasteiger partial charge in [0.2, 0.25) is 0 Å². The zero-order valence-electron chi connectivity index (χ0n) is 13.6. The van der Waals surface area contributed by atoms with Crippen molar-refractivity contribution in [1.29, 1.82) is 0 Å². The molecule has 9 heteroatoms. The van der Waals surface area contributed by atoms with Crippen LogP contribution in [-0.4, -0.2) is 23.4 Å². The average Bonchev–Trinajstić information content (AvgIpc) is 2.59. The summed E-state index contributed by atoms with van der Waals surface area (Å²) >= 11 is 0. The van der Waals surface area contributed by atoms with Gasteiger partial charge in [-0.3, -0.25) is 14.9 Å². The average molecular weight is 364 g/mol. The Balaban J connectivity index is 1.92. The number of ether oxygens (including phenoxy) is 1. The molecule has 0 aliphatic rings. The van der Waals surface area contributed by atoms with Gasteiger partial charge >= 0.3 is 5.97 Å². The monoisotopic (exact) mass is 364 g/mol. The van der Waals surface area contributed by atoms with Crippen LogP contribution in [0.4, 0.5) is 14.5 Å². The Hall–Kier alpha value is -3.36. The lowest BCUT2D eigenvalue weighted by Gasteiger charge is -2.15. The molecular formula is C17H14F2N2O5. The van der Waals surface area contributed by atoms with Crippen LogP contribution in [0.25, 0.3) is 0 Å². The van der Waals surface area contributed by atoms with Gasteiger partial charge in [-0.15, -0.1) is 0 Å². The molecule has 136 valence electrons. The van der Waals surface area contributed by atoms with Crippen LogP contribution in [0.2, 0.25) is 0 Å². The number of esters is 1. The summed E-state index contributed by atoms with van der Waals surface area (Å²) in [6.07, 6.45) is 0. The van der Waals surface area contributed by atoms with Gasteiger partial charge in [0.1, 0.15) is 11.6 Å². The number of hydrogen-bond donors (Lipinski definition) is 1. The highest BCUT2D eigenvalue weighted by Gasteiger charge is 2.17. The number of rotatable bonds is 6. The van der Waals surface area contributed by atoms with Crippen molar-refractivity contribution < 1.29 is 28.0 Å². The van der Waals surface area contributed by atoms with Gasteiger partial charge in [-0.1, -0.05) is 12.1 Å². The van der Waals surface area contributed by atoms with E-state index < -0.39 is 41.1 Å². The van der Waals surface area contributed by atoms with Crippen LogP contribution in [0.5, 0.6) is 0 Å². The maximum atomic E-state index is 13.7. The highest BCUT2D eigenvalue weighted by atomic mass is 19.1. The maximum Gasteiger partial charge on any atom is 0.338 e. The van der Waals surface area contributed by atoms with Gasteiger partial charge in [0, 0.05) is 23.8 Å². The number of nitrogens with one attached hydrogen (secondary N) is 1. The van der Waals surface area contributed by atoms with Crippen LogP contribution < -0.4 is 5.32 Å². The van der Waals surface area contributed by atoms with E-state index in [0.29, 0.717) is 6.07 Å². The number of non-ortho nitro benzene ring substituents is 1. The van der Waals surface area contributed by atoms with E-state index >= 15 is 0 Å². The molecule has 2 rings (SSSR count). The highest BCUT2D eigenvalue weighted by molar-refractivity contribution is 5.91. The molecule has 0 radical (unpaired) electrons. The highest BCUT2D eigenvalue weighted by Crippen LogP contribution is 2.18. The summed E-state index contributed by atoms with van der Waals surface area (Å²) in [5.41, 5.74) is -0.293. The topological polar surface area (TPSA) is 98.5 Å². The Bertz CT molecular complexity index is 857. The van der Waals surface area contributed by atoms with Gasteiger partial charge in [-0.25, -0.2) is 13.6 Å². The number of benzene rings is 2. The summed E-state index contributed by atoms with van der Waals surface area (Å²) in [6, 6.07) is 7.03. The van der Waals surface area contributed by atoms with E-state index in [4.69, 9.17) is 4.74 Å². The van der Waals surface area contributed by atoms with Gasteiger partial charge in [0.15, 0.2) is 6.61 Å². The van der Waals surface area contributed by atoms with Crippen LogP contribution in [0.3, 0.4) is 0 Å². The van der Waals surface area contributed by atoms with Crippen molar-refractivity contribution >= 4 is 17.6 Å². The molecule has 0 bridgehead atoms. The van der Waals surface area contributed by atoms with Gasteiger partial charge in [-0.2, -0.15) is 0 Å². The minimum atomic E-state index is -0.913. The number of carbonyl (C=O) groups is 2. The van der Waals surface area contributed by atoms with Crippen LogP contribution >= 0.6 is 0 Å². The molecule has 0 aromatic heterocycles. The Morgan fingerprint density at radius 1 is 1.23 bits per heavy atom. The molecule has 0 spiro atoms. The first-order valence-corrected chi connectivity index (χ1v) is 7.44. The van der Waals surface area contributed by atoms with E-state index in [2.05, 4.69) is 5.32 Å². The molecule has 1 N–H and O–H groups in total. The molecule has 1 atom stereocenters. The predicted octanol–water partition coefficient (Wildman–Crippen LogP) is 2.91. The van der Waals surface area contributed by atoms with Crippen molar-refractivity contribution in [2.45, 2.75) is 13.0 Å². The first-order valence-electron chi connectivity index (χ1n) is 7.44. The zero-order valence-corrected chi connectivity index (χ0v) is 13.6. The molecular weight excluding hydrogens is 350 g/mol. The fraction of sp³-hybridized carbons (Fsp3) is 0.176. The molecule has 0 saturated heterocycles. The first kappa shape index (κ1) is 19.0. The van der Waals surface area contributed by atoms with E-state index in [1.54, 1.807) is 0 Å². The number of carbonyl (C=O) groups excluding carboxylic acids is 2. The molecule has 1 amide bonds. The number of hydrogen-bond acceptors (Lipinski definition) is 5. The van der Waals surface area contributed by atoms with E-state index in [-0.39, 0.29) is 16.8 Å². The number of amides is 1. The van der Waals surface area contributed by atoms with Crippen LogP contribution in [0.15, 0.2) is 42.5 Å². The summed E-state index contributed by atoms with van der Waals surface area (Å²) in [5, 5.41) is 13.1. The van der Waals surface area contributed by atoms with Crippen molar-refractivity contribution in [3.8, 4) is 0 Å². The largest absolute Gasteiger partial charge is 0.452 e. The normalized spacial score (nSPS) is 11.5. The standard InChI is InChI=1S/C17H14F2N2O5/c1-10(14-6-5-12(18)8-15(14)19)20-16(22)9-26-17(23)11-3-2-4-13(7-11)21(24)25/h2-8,10H,9H2,1H3,(H,20,22)/t10-/m0/s1. The summed E-state index contributed by atoms with van der Waals surface area (Å²) in [7, 11) is 0. The van der Waals surface area contributed by atoms with Crippen LogP contribution in [0, 0.1) is 21.7 Å². The molecule has 26 heavy (non-hydrogen) atoms. The van der Waals surface area contributed by atoms with Gasteiger partial charge < -0.3 is 10.1 Å². The minimum Gasteiger partial charge on any atom is -0.452 e. The number of nitro groups is 1. The summed E-state index contributed by atoms with van der Waals surface area (Å²) in [6.45, 7) is 0.825. The van der Waals surface area contributed by atoms with E-state index in [9.17, 15) is 28.5 Å². The third kappa shape index (κ3) is 4.82. The van der Waals surface area contributed by atoms with Crippen LogP contribution in [0.1, 0.15) is 28.9 Å². The third-order valence-corrected chi connectivity index (χ3v) is 3.43. The smallest absolute Gasteiger partial charge is 0.338 e. The second-order valence-electron chi connectivity index (χ2n) is 5.34. The van der Waals surface area contributed by atoms with Gasteiger partial charge in [0.05, 0.1) is 16.5 Å². The predicted molar refractivity (Wildman–Crippen MR) is 86.3 cm³/mol. The van der Waals surface area contributed by atoms with Crippen molar-refractivity contribution in [2.24, 2.45) is 0 Å². The summed E-state index contributed by atoms with van der Waals surface area (Å²) in [4.78, 5) is 33.7. The van der Waals surface area contributed by atoms with Crippen molar-refractivity contribution in [3.63, 3.8) is 0 Å². The minimum absolute atomic E-state index is 0.0739. The zero-order chi connectivity index (χ0) is 19.3. The number of nitro benzene ring substituents is 1. The van der Waals surface area contributed by atoms with E-state index in [1.165, 1.54) is 31.2 Å². The lowest BCUT2D eigenvalue weighted by atomic mass is 10.1. The molecule has 0 saturated carbocycles. The molecule has 2 aromatic carbocycles. The Kier molecular flexibility index (Phi) is 5.94. The molecule has 0 unspecified atom stereocenters. The Morgan fingerprint density at radius 2 is 1.96 bits per heavy atom.